The van der Waals surface area contributed by atoms with Gasteiger partial charge in [0.2, 0.25) is 14.2 Å². The topological polar surface area (TPSA) is 103 Å². The van der Waals surface area contributed by atoms with Gasteiger partial charge in [-0.1, -0.05) is 60.6 Å². The number of ether oxygens (including phenoxy) is 1. The first-order valence-corrected chi connectivity index (χ1v) is 14.1. The van der Waals surface area contributed by atoms with Gasteiger partial charge in [0.1, 0.15) is 11.5 Å². The predicted octanol–water partition coefficient (Wildman–Crippen LogP) is 4.98. The third-order valence-electron chi connectivity index (χ3n) is 5.93. The summed E-state index contributed by atoms with van der Waals surface area (Å²) in [5, 5.41) is 1.40. The molecular weight excluding hydrogens is 500 g/mol. The zero-order valence-corrected chi connectivity index (χ0v) is 21.8. The number of sulfone groups is 1. The molecule has 1 saturated carbocycles. The Morgan fingerprint density at radius 3 is 2.50 bits per heavy atom. The van der Waals surface area contributed by atoms with Crippen molar-refractivity contribution in [1.82, 2.24) is 10.0 Å². The number of aromatic nitrogens is 1. The molecule has 0 radical (unpaired) electrons. The van der Waals surface area contributed by atoms with Gasteiger partial charge in [0.05, 0.1) is 28.8 Å². The van der Waals surface area contributed by atoms with Crippen molar-refractivity contribution in [2.75, 3.05) is 6.61 Å². The predicted molar refractivity (Wildman–Crippen MR) is 134 cm³/mol. The van der Waals surface area contributed by atoms with Crippen LogP contribution in [0.5, 0.6) is 0 Å². The van der Waals surface area contributed by atoms with Crippen molar-refractivity contribution in [2.45, 2.75) is 61.4 Å². The molecule has 0 spiro atoms. The van der Waals surface area contributed by atoms with E-state index in [-0.39, 0.29) is 38.9 Å². The van der Waals surface area contributed by atoms with Gasteiger partial charge >= 0.3 is 5.97 Å². The molecule has 36 heavy (non-hydrogen) atoms. The first kappa shape index (κ1) is 26.0. The Balaban J connectivity index is 1.61. The molecule has 0 unspecified atom stereocenters. The van der Waals surface area contributed by atoms with E-state index in [1.165, 1.54) is 29.3 Å². The first-order valence-electron chi connectivity index (χ1n) is 11.8. The summed E-state index contributed by atoms with van der Waals surface area (Å²) in [6.07, 6.45) is 3.65. The third kappa shape index (κ3) is 5.66. The lowest BCUT2D eigenvalue weighted by atomic mass is 10.2. The van der Waals surface area contributed by atoms with E-state index in [1.54, 1.807) is 13.8 Å². The van der Waals surface area contributed by atoms with E-state index in [1.807, 2.05) is 30.3 Å². The lowest BCUT2D eigenvalue weighted by Gasteiger charge is -2.27. The smallest absolute Gasteiger partial charge is 0.338 e. The van der Waals surface area contributed by atoms with Crippen LogP contribution in [0.2, 0.25) is 0 Å². The molecule has 1 aliphatic rings. The lowest BCUT2D eigenvalue weighted by molar-refractivity contribution is -0.157. The Bertz CT molecular complexity index is 1330. The minimum atomic E-state index is -4.06. The highest BCUT2D eigenvalue weighted by atomic mass is 32.2. The normalized spacial score (nSPS) is 14.1. The van der Waals surface area contributed by atoms with Crippen LogP contribution in [0, 0.1) is 6.92 Å². The van der Waals surface area contributed by atoms with Crippen molar-refractivity contribution in [1.29, 1.82) is 0 Å². The number of nitrogens with zero attached hydrogens (tertiary/aromatic N) is 2. The number of hydrogen-bond donors (Lipinski definition) is 0. The summed E-state index contributed by atoms with van der Waals surface area (Å²) in [5.74, 6) is -1.00. The van der Waals surface area contributed by atoms with Crippen molar-refractivity contribution < 1.29 is 27.6 Å². The van der Waals surface area contributed by atoms with Gasteiger partial charge in [-0.25, -0.2) is 23.3 Å². The number of thiazole rings is 1. The second kappa shape index (κ2) is 11.3. The highest BCUT2D eigenvalue weighted by Crippen LogP contribution is 2.32. The number of hydrogen-bond acceptors (Lipinski definition) is 8. The average molecular weight is 529 g/mol. The Labute approximate surface area is 214 Å². The van der Waals surface area contributed by atoms with Gasteiger partial charge in [-0.2, -0.15) is 0 Å². The lowest BCUT2D eigenvalue weighted by Crippen LogP contribution is -2.38. The van der Waals surface area contributed by atoms with Crippen molar-refractivity contribution in [2.24, 2.45) is 0 Å². The van der Waals surface area contributed by atoms with Gasteiger partial charge in [-0.05, 0) is 50.5 Å². The maximum atomic E-state index is 13.6. The van der Waals surface area contributed by atoms with E-state index < -0.39 is 21.7 Å². The highest BCUT2D eigenvalue weighted by molar-refractivity contribution is 7.93. The van der Waals surface area contributed by atoms with Crippen LogP contribution >= 0.6 is 11.3 Å². The van der Waals surface area contributed by atoms with E-state index in [4.69, 9.17) is 9.57 Å². The fourth-order valence-electron chi connectivity index (χ4n) is 4.08. The molecule has 1 fully saturated rings. The molecule has 0 saturated heterocycles. The average Bonchev–Trinajstić information content (AvgIpc) is 3.55. The largest absolute Gasteiger partial charge is 0.462 e. The van der Waals surface area contributed by atoms with Crippen molar-refractivity contribution in [3.8, 4) is 0 Å². The Morgan fingerprint density at radius 2 is 1.81 bits per heavy atom. The van der Waals surface area contributed by atoms with Gasteiger partial charge in [0, 0.05) is 0 Å². The van der Waals surface area contributed by atoms with Crippen LogP contribution in [0.4, 0.5) is 0 Å². The van der Waals surface area contributed by atoms with Crippen LogP contribution in [-0.4, -0.2) is 43.0 Å². The van der Waals surface area contributed by atoms with Gasteiger partial charge in [0.15, 0.2) is 0 Å². The maximum absolute atomic E-state index is 13.6. The van der Waals surface area contributed by atoms with Crippen LogP contribution in [0.1, 0.15) is 63.9 Å². The first-order chi connectivity index (χ1) is 17.3. The molecule has 10 heteroatoms. The number of esters is 1. The van der Waals surface area contributed by atoms with E-state index in [0.29, 0.717) is 5.69 Å². The van der Waals surface area contributed by atoms with E-state index in [2.05, 4.69) is 4.98 Å². The minimum absolute atomic E-state index is 0.0796. The number of aryl methyl sites for hydroxylation is 1. The molecule has 0 N–H and O–H groups in total. The number of carbonyl (C=O) groups is 2. The fourth-order valence-corrected chi connectivity index (χ4v) is 6.78. The van der Waals surface area contributed by atoms with Crippen LogP contribution in [-0.2, 0) is 26.0 Å². The van der Waals surface area contributed by atoms with Gasteiger partial charge in [-0.15, -0.1) is 0 Å². The summed E-state index contributed by atoms with van der Waals surface area (Å²) in [5.41, 5.74) is 1.37. The molecule has 1 amide bonds. The van der Waals surface area contributed by atoms with Gasteiger partial charge < -0.3 is 4.74 Å². The molecule has 8 nitrogen and oxygen atoms in total. The van der Waals surface area contributed by atoms with Crippen molar-refractivity contribution in [3.63, 3.8) is 0 Å². The molecule has 1 heterocycles. The molecule has 0 bridgehead atoms. The van der Waals surface area contributed by atoms with Crippen LogP contribution in [0.25, 0.3) is 0 Å². The molecule has 0 atom stereocenters. The zero-order valence-electron chi connectivity index (χ0n) is 20.2. The number of rotatable bonds is 9. The summed E-state index contributed by atoms with van der Waals surface area (Å²) in [7, 11) is -4.06. The Hall–Kier alpha value is -3.08. The van der Waals surface area contributed by atoms with E-state index in [0.717, 1.165) is 42.6 Å². The van der Waals surface area contributed by atoms with Crippen LogP contribution < -0.4 is 0 Å². The number of amides is 1. The Morgan fingerprint density at radius 1 is 1.08 bits per heavy atom. The standard InChI is InChI=1S/C26H28N2O6S2/c1-3-33-25(30)20-12-9-15-22(16-20)36(31,32)26-27-18(2)23(35-26)24(29)28(21-13-7-8-14-21)34-17-19-10-5-4-6-11-19/h4-6,9-12,15-16,21H,3,7-8,13-14,17H2,1-2H3. The van der Waals surface area contributed by atoms with Crippen molar-refractivity contribution in [3.05, 3.63) is 76.3 Å². The highest BCUT2D eigenvalue weighted by Gasteiger charge is 2.33. The summed E-state index contributed by atoms with van der Waals surface area (Å²) in [4.78, 5) is 36.0. The molecular formula is C26H28N2O6S2. The van der Waals surface area contributed by atoms with Gasteiger partial charge in [-0.3, -0.25) is 9.63 Å². The maximum Gasteiger partial charge on any atom is 0.338 e. The molecule has 4 rings (SSSR count). The van der Waals surface area contributed by atoms with Crippen molar-refractivity contribution >= 4 is 33.1 Å². The molecule has 1 aliphatic carbocycles. The number of hydroxylamine groups is 2. The second-order valence-corrected chi connectivity index (χ2v) is 11.6. The van der Waals surface area contributed by atoms with Crippen LogP contribution in [0.3, 0.4) is 0 Å². The SMILES string of the molecule is CCOC(=O)c1cccc(S(=O)(=O)c2nc(C)c(C(=O)N(OCc3ccccc3)C3CCCC3)s2)c1. The Kier molecular flexibility index (Phi) is 8.17. The quantitative estimate of drug-likeness (QED) is 0.285. The summed E-state index contributed by atoms with van der Waals surface area (Å²) in [6, 6.07) is 15.1. The summed E-state index contributed by atoms with van der Waals surface area (Å²) >= 11 is 0.816. The fraction of sp³-hybridized carbons (Fsp3) is 0.346. The second-order valence-electron chi connectivity index (χ2n) is 8.47. The summed E-state index contributed by atoms with van der Waals surface area (Å²) in [6.45, 7) is 3.69. The van der Waals surface area contributed by atoms with E-state index in [9.17, 15) is 18.0 Å². The summed E-state index contributed by atoms with van der Waals surface area (Å²) < 4.78 is 31.4. The minimum Gasteiger partial charge on any atom is -0.462 e. The molecule has 190 valence electrons. The monoisotopic (exact) mass is 528 g/mol. The third-order valence-corrected chi connectivity index (χ3v) is 9.20. The van der Waals surface area contributed by atoms with E-state index >= 15 is 0 Å². The van der Waals surface area contributed by atoms with Gasteiger partial charge in [0.25, 0.3) is 5.91 Å². The zero-order chi connectivity index (χ0) is 25.7. The molecule has 2 aromatic carbocycles. The number of carbonyl (C=O) groups excluding carboxylic acids is 2. The molecule has 3 aromatic rings. The molecule has 0 aliphatic heterocycles. The van der Waals surface area contributed by atoms with Crippen LogP contribution in [0.15, 0.2) is 63.8 Å². The molecule has 1 aromatic heterocycles. The number of benzene rings is 2.